The molecule has 0 unspecified atom stereocenters. The van der Waals surface area contributed by atoms with Gasteiger partial charge in [0.15, 0.2) is 5.13 Å². The lowest BCUT2D eigenvalue weighted by atomic mass is 10.2. The van der Waals surface area contributed by atoms with E-state index < -0.39 is 11.9 Å². The number of carboxylic acids is 2. The first-order chi connectivity index (χ1) is 14.1. The van der Waals surface area contributed by atoms with Crippen LogP contribution in [0.2, 0.25) is 0 Å². The van der Waals surface area contributed by atoms with E-state index in [1.807, 2.05) is 25.1 Å². The molecule has 0 fully saturated rings. The summed E-state index contributed by atoms with van der Waals surface area (Å²) in [5, 5.41) is 25.3. The minimum atomic E-state index is -1.82. The van der Waals surface area contributed by atoms with Crippen LogP contribution in [0.15, 0.2) is 29.6 Å². The van der Waals surface area contributed by atoms with Crippen molar-refractivity contribution in [2.45, 2.75) is 0 Å². The molecule has 0 spiro atoms. The number of nitrogens with one attached hydrogen (secondary N) is 3. The summed E-state index contributed by atoms with van der Waals surface area (Å²) in [5.41, 5.74) is 1.68. The largest absolute Gasteiger partial charge is 0.473 e. The second-order valence-electron chi connectivity index (χ2n) is 5.99. The zero-order chi connectivity index (χ0) is 22.7. The lowest BCUT2D eigenvalue weighted by molar-refractivity contribution is -0.159. The van der Waals surface area contributed by atoms with Gasteiger partial charge >= 0.3 is 11.9 Å². The average Bonchev–Trinajstić information content (AvgIpc) is 3.16. The van der Waals surface area contributed by atoms with Crippen molar-refractivity contribution >= 4 is 45.9 Å². The number of aromatic nitrogens is 1. The summed E-state index contributed by atoms with van der Waals surface area (Å²) in [4.78, 5) is 48.5. The van der Waals surface area contributed by atoms with Crippen molar-refractivity contribution in [2.24, 2.45) is 0 Å². The summed E-state index contributed by atoms with van der Waals surface area (Å²) in [6, 6.07) is 7.14. The Morgan fingerprint density at radius 3 is 2.33 bits per heavy atom. The molecule has 0 atom stereocenters. The fourth-order valence-electron chi connectivity index (χ4n) is 1.90. The highest BCUT2D eigenvalue weighted by Crippen LogP contribution is 2.17. The summed E-state index contributed by atoms with van der Waals surface area (Å²) in [6.45, 7) is 1.29. The van der Waals surface area contributed by atoms with Crippen molar-refractivity contribution in [3.63, 3.8) is 0 Å². The number of likely N-dealkylation sites (N-methyl/N-ethyl adjacent to an activating group) is 1. The van der Waals surface area contributed by atoms with Gasteiger partial charge in [0.1, 0.15) is 5.69 Å². The van der Waals surface area contributed by atoms with Gasteiger partial charge in [-0.2, -0.15) is 0 Å². The lowest BCUT2D eigenvalue weighted by Crippen LogP contribution is -2.31. The third kappa shape index (κ3) is 8.67. The normalized spacial score (nSPS) is 9.87. The third-order valence-corrected chi connectivity index (χ3v) is 4.16. The Morgan fingerprint density at radius 2 is 1.77 bits per heavy atom. The predicted octanol–water partition coefficient (Wildman–Crippen LogP) is 0.884. The van der Waals surface area contributed by atoms with Gasteiger partial charge in [0.25, 0.3) is 11.8 Å². The quantitative estimate of drug-likeness (QED) is 0.396. The van der Waals surface area contributed by atoms with E-state index in [9.17, 15) is 9.59 Å². The minimum Gasteiger partial charge on any atom is -0.473 e. The van der Waals surface area contributed by atoms with Crippen molar-refractivity contribution in [3.05, 3.63) is 40.9 Å². The third-order valence-electron chi connectivity index (χ3n) is 3.40. The number of rotatable bonds is 7. The summed E-state index contributed by atoms with van der Waals surface area (Å²) in [6.07, 6.45) is 0. The SMILES string of the molecule is CNc1cccc(C(=O)Nc2nc(C(=O)NCCN(C)C)cs2)c1.O=C(O)C(=O)O. The van der Waals surface area contributed by atoms with Gasteiger partial charge in [-0.25, -0.2) is 14.6 Å². The summed E-state index contributed by atoms with van der Waals surface area (Å²) in [5.74, 6) is -4.16. The van der Waals surface area contributed by atoms with Gasteiger partial charge in [0.05, 0.1) is 0 Å². The van der Waals surface area contributed by atoms with Crippen molar-refractivity contribution in [3.8, 4) is 0 Å². The number of hydrogen-bond donors (Lipinski definition) is 5. The van der Waals surface area contributed by atoms with Gasteiger partial charge in [-0.1, -0.05) is 6.07 Å². The van der Waals surface area contributed by atoms with E-state index in [1.165, 1.54) is 11.3 Å². The molecule has 1 aromatic carbocycles. The second-order valence-corrected chi connectivity index (χ2v) is 6.85. The zero-order valence-corrected chi connectivity index (χ0v) is 17.4. The number of thiazole rings is 1. The minimum absolute atomic E-state index is 0.245. The first-order valence-electron chi connectivity index (χ1n) is 8.58. The van der Waals surface area contributed by atoms with Gasteiger partial charge in [-0.05, 0) is 32.3 Å². The number of carbonyl (C=O) groups excluding carboxylic acids is 2. The lowest BCUT2D eigenvalue weighted by Gasteiger charge is -2.09. The van der Waals surface area contributed by atoms with E-state index >= 15 is 0 Å². The van der Waals surface area contributed by atoms with Crippen LogP contribution in [0.3, 0.4) is 0 Å². The maximum absolute atomic E-state index is 12.2. The van der Waals surface area contributed by atoms with Gasteiger partial charge in [0.2, 0.25) is 0 Å². The molecule has 11 nitrogen and oxygen atoms in total. The average molecular weight is 437 g/mol. The molecule has 2 rings (SSSR count). The molecule has 1 heterocycles. The Morgan fingerprint density at radius 1 is 1.10 bits per heavy atom. The fraction of sp³-hybridized carbons (Fsp3) is 0.278. The molecule has 1 aromatic heterocycles. The molecule has 30 heavy (non-hydrogen) atoms. The van der Waals surface area contributed by atoms with E-state index in [0.717, 1.165) is 12.2 Å². The number of nitrogens with zero attached hydrogens (tertiary/aromatic N) is 2. The van der Waals surface area contributed by atoms with Crippen LogP contribution >= 0.6 is 11.3 Å². The Balaban J connectivity index is 0.000000656. The molecule has 0 saturated carbocycles. The van der Waals surface area contributed by atoms with Crippen molar-refractivity contribution in [2.75, 3.05) is 44.9 Å². The highest BCUT2D eigenvalue weighted by molar-refractivity contribution is 7.14. The Bertz CT molecular complexity index is 887. The highest BCUT2D eigenvalue weighted by atomic mass is 32.1. The van der Waals surface area contributed by atoms with Crippen LogP contribution in [-0.2, 0) is 9.59 Å². The number of carboxylic acid groups (broad SMARTS) is 2. The van der Waals surface area contributed by atoms with Crippen molar-refractivity contribution < 1.29 is 29.4 Å². The van der Waals surface area contributed by atoms with Crippen LogP contribution in [0.5, 0.6) is 0 Å². The second kappa shape index (κ2) is 12.1. The number of anilines is 2. The molecule has 0 aliphatic heterocycles. The maximum atomic E-state index is 12.2. The number of hydrogen-bond acceptors (Lipinski definition) is 8. The summed E-state index contributed by atoms with van der Waals surface area (Å²) in [7, 11) is 5.66. The smallest absolute Gasteiger partial charge is 0.414 e. The van der Waals surface area contributed by atoms with Gasteiger partial charge < -0.3 is 25.7 Å². The van der Waals surface area contributed by atoms with Crippen LogP contribution in [0, 0.1) is 0 Å². The number of benzene rings is 1. The topological polar surface area (TPSA) is 161 Å². The molecule has 0 bridgehead atoms. The predicted molar refractivity (Wildman–Crippen MR) is 112 cm³/mol. The van der Waals surface area contributed by atoms with E-state index in [4.69, 9.17) is 19.8 Å². The molecule has 0 aliphatic carbocycles. The molecule has 0 saturated heterocycles. The van der Waals surface area contributed by atoms with Crippen LogP contribution in [0.25, 0.3) is 0 Å². The fourth-order valence-corrected chi connectivity index (χ4v) is 2.59. The summed E-state index contributed by atoms with van der Waals surface area (Å²) < 4.78 is 0. The van der Waals surface area contributed by atoms with Crippen LogP contribution in [0.1, 0.15) is 20.8 Å². The monoisotopic (exact) mass is 437 g/mol. The number of carbonyl (C=O) groups is 4. The van der Waals surface area contributed by atoms with E-state index in [2.05, 4.69) is 20.9 Å². The van der Waals surface area contributed by atoms with Crippen LogP contribution in [0.4, 0.5) is 10.8 Å². The van der Waals surface area contributed by atoms with Crippen molar-refractivity contribution in [1.82, 2.24) is 15.2 Å². The molecular weight excluding hydrogens is 414 g/mol. The van der Waals surface area contributed by atoms with Crippen LogP contribution < -0.4 is 16.0 Å². The molecule has 2 aromatic rings. The molecule has 5 N–H and O–H groups in total. The molecule has 12 heteroatoms. The first-order valence-corrected chi connectivity index (χ1v) is 9.45. The van der Waals surface area contributed by atoms with Crippen molar-refractivity contribution in [1.29, 1.82) is 0 Å². The van der Waals surface area contributed by atoms with E-state index in [-0.39, 0.29) is 11.8 Å². The van der Waals surface area contributed by atoms with Gasteiger partial charge in [0, 0.05) is 36.8 Å². The number of amides is 2. The van der Waals surface area contributed by atoms with E-state index in [1.54, 1.807) is 30.6 Å². The molecule has 0 aliphatic rings. The number of aliphatic carboxylic acids is 2. The molecular formula is C18H23N5O6S. The van der Waals surface area contributed by atoms with Crippen LogP contribution in [-0.4, -0.2) is 78.1 Å². The first kappa shape index (κ1) is 24.5. The zero-order valence-electron chi connectivity index (χ0n) is 16.6. The Labute approximate surface area is 176 Å². The summed E-state index contributed by atoms with van der Waals surface area (Å²) >= 11 is 1.22. The molecule has 162 valence electrons. The molecule has 0 radical (unpaired) electrons. The Hall–Kier alpha value is -3.51. The Kier molecular flexibility index (Phi) is 9.92. The standard InChI is InChI=1S/C16H21N5O2S.C2H2O4/c1-17-12-6-4-5-11(9-12)14(22)20-16-19-13(10-24-16)15(23)18-7-8-21(2)3;3-1(4)2(5)6/h4-6,9-10,17H,7-8H2,1-3H3,(H,18,23)(H,19,20,22);(H,3,4)(H,5,6). The maximum Gasteiger partial charge on any atom is 0.414 e. The van der Waals surface area contributed by atoms with Gasteiger partial charge in [-0.3, -0.25) is 14.9 Å². The highest BCUT2D eigenvalue weighted by Gasteiger charge is 2.13. The van der Waals surface area contributed by atoms with Gasteiger partial charge in [-0.15, -0.1) is 11.3 Å². The van der Waals surface area contributed by atoms with E-state index in [0.29, 0.717) is 22.9 Å². The molecule has 2 amide bonds.